The van der Waals surface area contributed by atoms with Gasteiger partial charge in [0.2, 0.25) is 0 Å². The molecular formula is C12H16O4S. The molecule has 2 N–H and O–H groups in total. The number of aromatic carboxylic acids is 1. The summed E-state index contributed by atoms with van der Waals surface area (Å²) in [7, 11) is 0. The van der Waals surface area contributed by atoms with Crippen LogP contribution in [0.1, 0.15) is 23.7 Å². The van der Waals surface area contributed by atoms with Crippen molar-refractivity contribution in [1.29, 1.82) is 0 Å². The molecule has 0 amide bonds. The lowest BCUT2D eigenvalue weighted by atomic mass is 10.2. The van der Waals surface area contributed by atoms with Crippen molar-refractivity contribution in [3.8, 4) is 5.75 Å². The highest BCUT2D eigenvalue weighted by molar-refractivity contribution is 7.99. The van der Waals surface area contributed by atoms with E-state index in [1.165, 1.54) is 11.8 Å². The Kier molecular flexibility index (Phi) is 5.86. The highest BCUT2D eigenvalue weighted by Gasteiger charge is 2.16. The van der Waals surface area contributed by atoms with E-state index in [-0.39, 0.29) is 12.2 Å². The van der Waals surface area contributed by atoms with Gasteiger partial charge in [0.25, 0.3) is 0 Å². The Hall–Kier alpha value is -1.20. The van der Waals surface area contributed by atoms with E-state index in [9.17, 15) is 9.90 Å². The van der Waals surface area contributed by atoms with Crippen LogP contribution in [-0.4, -0.2) is 35.1 Å². The first kappa shape index (κ1) is 13.9. The van der Waals surface area contributed by atoms with Gasteiger partial charge in [-0.25, -0.2) is 4.79 Å². The van der Waals surface area contributed by atoms with Gasteiger partial charge in [-0.1, -0.05) is 13.0 Å². The molecule has 0 fully saturated rings. The van der Waals surface area contributed by atoms with E-state index in [0.717, 1.165) is 5.75 Å². The molecular weight excluding hydrogens is 240 g/mol. The molecule has 0 unspecified atom stereocenters. The van der Waals surface area contributed by atoms with Gasteiger partial charge in [-0.15, -0.1) is 11.8 Å². The second-order valence-electron chi connectivity index (χ2n) is 3.29. The number of hydrogen-bond donors (Lipinski definition) is 2. The Morgan fingerprint density at radius 1 is 1.47 bits per heavy atom. The van der Waals surface area contributed by atoms with Crippen molar-refractivity contribution < 1.29 is 19.7 Å². The Morgan fingerprint density at radius 3 is 2.82 bits per heavy atom. The van der Waals surface area contributed by atoms with Crippen LogP contribution in [0.15, 0.2) is 23.1 Å². The number of thioether (sulfide) groups is 1. The molecule has 4 nitrogen and oxygen atoms in total. The third-order valence-corrected chi connectivity index (χ3v) is 3.00. The summed E-state index contributed by atoms with van der Waals surface area (Å²) >= 11 is 1.47. The Morgan fingerprint density at radius 2 is 2.24 bits per heavy atom. The minimum absolute atomic E-state index is 0.0335. The van der Waals surface area contributed by atoms with Crippen molar-refractivity contribution in [2.24, 2.45) is 0 Å². The monoisotopic (exact) mass is 256 g/mol. The summed E-state index contributed by atoms with van der Waals surface area (Å²) in [6.07, 6.45) is 0.490. The molecule has 94 valence electrons. The topological polar surface area (TPSA) is 66.8 Å². The van der Waals surface area contributed by atoms with Crippen LogP contribution in [0.25, 0.3) is 0 Å². The Labute approximate surface area is 105 Å². The zero-order valence-corrected chi connectivity index (χ0v) is 10.5. The summed E-state index contributed by atoms with van der Waals surface area (Å²) in [5, 5.41) is 17.8. The lowest BCUT2D eigenvalue weighted by Gasteiger charge is -2.11. The van der Waals surface area contributed by atoms with Crippen molar-refractivity contribution in [2.45, 2.75) is 18.2 Å². The van der Waals surface area contributed by atoms with E-state index in [1.807, 2.05) is 6.92 Å². The van der Waals surface area contributed by atoms with Crippen molar-refractivity contribution in [3.05, 3.63) is 23.8 Å². The number of ether oxygens (including phenoxy) is 1. The molecule has 0 aliphatic carbocycles. The highest BCUT2D eigenvalue weighted by Crippen LogP contribution is 2.30. The standard InChI is InChI=1S/C12H16O4S/c1-2-17-10-6-3-5-9(11(10)12(14)15)16-8-4-7-13/h3,5-6,13H,2,4,7-8H2,1H3,(H,14,15). The number of benzene rings is 1. The zero-order valence-electron chi connectivity index (χ0n) is 9.68. The Balaban J connectivity index is 2.94. The molecule has 0 bridgehead atoms. The highest BCUT2D eigenvalue weighted by atomic mass is 32.2. The van der Waals surface area contributed by atoms with Gasteiger partial charge in [-0.2, -0.15) is 0 Å². The van der Waals surface area contributed by atoms with E-state index in [2.05, 4.69) is 0 Å². The van der Waals surface area contributed by atoms with Gasteiger partial charge in [0.05, 0.1) is 6.61 Å². The molecule has 1 rings (SSSR count). The number of aliphatic hydroxyl groups is 1. The number of rotatable bonds is 7. The van der Waals surface area contributed by atoms with E-state index >= 15 is 0 Å². The molecule has 0 aliphatic rings. The largest absolute Gasteiger partial charge is 0.493 e. The summed E-state index contributed by atoms with van der Waals surface area (Å²) < 4.78 is 5.37. The van der Waals surface area contributed by atoms with Crippen LogP contribution in [0.5, 0.6) is 5.75 Å². The maximum atomic E-state index is 11.2. The van der Waals surface area contributed by atoms with Gasteiger partial charge in [-0.05, 0) is 17.9 Å². The molecule has 0 atom stereocenters. The summed E-state index contributed by atoms with van der Waals surface area (Å²) in [6.45, 7) is 2.32. The average Bonchev–Trinajstić information content (AvgIpc) is 2.29. The first-order valence-corrected chi connectivity index (χ1v) is 6.42. The predicted octanol–water partition coefficient (Wildman–Crippen LogP) is 2.26. The van der Waals surface area contributed by atoms with Gasteiger partial charge in [0.15, 0.2) is 0 Å². The molecule has 1 aromatic carbocycles. The molecule has 0 radical (unpaired) electrons. The maximum absolute atomic E-state index is 11.2. The van der Waals surface area contributed by atoms with Crippen LogP contribution < -0.4 is 4.74 Å². The number of carboxylic acids is 1. The number of carboxylic acid groups (broad SMARTS) is 1. The van der Waals surface area contributed by atoms with Crippen molar-refractivity contribution >= 4 is 17.7 Å². The van der Waals surface area contributed by atoms with Gasteiger partial charge >= 0.3 is 5.97 Å². The van der Waals surface area contributed by atoms with Crippen molar-refractivity contribution in [1.82, 2.24) is 0 Å². The van der Waals surface area contributed by atoms with Gasteiger partial charge in [0.1, 0.15) is 11.3 Å². The van der Waals surface area contributed by atoms with Crippen LogP contribution >= 0.6 is 11.8 Å². The van der Waals surface area contributed by atoms with Crippen molar-refractivity contribution in [2.75, 3.05) is 19.0 Å². The lowest BCUT2D eigenvalue weighted by Crippen LogP contribution is -2.07. The quantitative estimate of drug-likeness (QED) is 0.578. The molecule has 17 heavy (non-hydrogen) atoms. The van der Waals surface area contributed by atoms with Crippen LogP contribution in [0.2, 0.25) is 0 Å². The lowest BCUT2D eigenvalue weighted by molar-refractivity contribution is 0.0688. The van der Waals surface area contributed by atoms with Crippen LogP contribution in [-0.2, 0) is 0 Å². The molecule has 1 aromatic rings. The molecule has 0 aliphatic heterocycles. The minimum atomic E-state index is -0.986. The normalized spacial score (nSPS) is 10.2. The maximum Gasteiger partial charge on any atom is 0.340 e. The summed E-state index contributed by atoms with van der Waals surface area (Å²) in [5.74, 6) is 0.186. The summed E-state index contributed by atoms with van der Waals surface area (Å²) in [4.78, 5) is 11.9. The minimum Gasteiger partial charge on any atom is -0.493 e. The number of aliphatic hydroxyl groups excluding tert-OH is 1. The first-order chi connectivity index (χ1) is 8.20. The van der Waals surface area contributed by atoms with E-state index in [1.54, 1.807) is 18.2 Å². The second kappa shape index (κ2) is 7.19. The molecule has 0 heterocycles. The second-order valence-corrected chi connectivity index (χ2v) is 4.60. The van der Waals surface area contributed by atoms with Crippen LogP contribution in [0.4, 0.5) is 0 Å². The van der Waals surface area contributed by atoms with Crippen LogP contribution in [0.3, 0.4) is 0 Å². The third kappa shape index (κ3) is 3.94. The van der Waals surface area contributed by atoms with Gasteiger partial charge < -0.3 is 14.9 Å². The fourth-order valence-electron chi connectivity index (χ4n) is 1.36. The zero-order chi connectivity index (χ0) is 12.7. The molecule has 0 saturated carbocycles. The van der Waals surface area contributed by atoms with E-state index < -0.39 is 5.97 Å². The van der Waals surface area contributed by atoms with E-state index in [4.69, 9.17) is 9.84 Å². The number of hydrogen-bond acceptors (Lipinski definition) is 4. The molecule has 0 aromatic heterocycles. The average molecular weight is 256 g/mol. The smallest absolute Gasteiger partial charge is 0.340 e. The Bertz CT molecular complexity index is 379. The molecule has 0 spiro atoms. The van der Waals surface area contributed by atoms with Gasteiger partial charge in [0, 0.05) is 17.9 Å². The summed E-state index contributed by atoms with van der Waals surface area (Å²) in [5.41, 5.74) is 0.206. The SMILES string of the molecule is CCSc1cccc(OCCCO)c1C(=O)O. The van der Waals surface area contributed by atoms with Crippen LogP contribution in [0, 0.1) is 0 Å². The van der Waals surface area contributed by atoms with Gasteiger partial charge in [-0.3, -0.25) is 0 Å². The van der Waals surface area contributed by atoms with Crippen molar-refractivity contribution in [3.63, 3.8) is 0 Å². The first-order valence-electron chi connectivity index (χ1n) is 5.43. The summed E-state index contributed by atoms with van der Waals surface area (Å²) in [6, 6.07) is 5.19. The molecule has 0 saturated heterocycles. The number of carbonyl (C=O) groups is 1. The third-order valence-electron chi connectivity index (χ3n) is 2.06. The van der Waals surface area contributed by atoms with E-state index in [0.29, 0.717) is 23.7 Å². The molecule has 5 heteroatoms. The fraction of sp³-hybridized carbons (Fsp3) is 0.417. The predicted molar refractivity (Wildman–Crippen MR) is 67.0 cm³/mol. The fourth-order valence-corrected chi connectivity index (χ4v) is 2.18.